The van der Waals surface area contributed by atoms with Gasteiger partial charge in [-0.3, -0.25) is 9.78 Å². The molecule has 4 aliphatic rings. The summed E-state index contributed by atoms with van der Waals surface area (Å²) in [5, 5.41) is 12.4. The Bertz CT molecular complexity index is 1220. The first kappa shape index (κ1) is 20.4. The minimum absolute atomic E-state index is 0.0356. The number of urea groups is 1. The Hall–Kier alpha value is -3.22. The first-order valence-corrected chi connectivity index (χ1v) is 12.0. The van der Waals surface area contributed by atoms with Gasteiger partial charge in [0.05, 0.1) is 29.9 Å². The van der Waals surface area contributed by atoms with Crippen LogP contribution in [0.5, 0.6) is 0 Å². The van der Waals surface area contributed by atoms with Crippen LogP contribution in [0.1, 0.15) is 49.9 Å². The fourth-order valence-electron chi connectivity index (χ4n) is 6.90. The van der Waals surface area contributed by atoms with E-state index in [4.69, 9.17) is 0 Å². The number of nitrogens with zero attached hydrogens (tertiary/aromatic N) is 3. The molecule has 7 rings (SSSR count). The number of pyridine rings is 1. The highest BCUT2D eigenvalue weighted by Gasteiger charge is 2.51. The Morgan fingerprint density at radius 2 is 1.64 bits per heavy atom. The summed E-state index contributed by atoms with van der Waals surface area (Å²) in [6, 6.07) is 12.9. The molecule has 170 valence electrons. The smallest absolute Gasteiger partial charge is 0.315 e. The van der Waals surface area contributed by atoms with Crippen LogP contribution in [0.2, 0.25) is 0 Å². The minimum Gasteiger partial charge on any atom is -0.333 e. The van der Waals surface area contributed by atoms with E-state index in [-0.39, 0.29) is 30.2 Å². The molecule has 4 bridgehead atoms. The molecule has 4 aliphatic carbocycles. The largest absolute Gasteiger partial charge is 0.333 e. The molecule has 0 saturated heterocycles. The van der Waals surface area contributed by atoms with Crippen molar-refractivity contribution in [2.45, 2.75) is 57.2 Å². The van der Waals surface area contributed by atoms with Crippen LogP contribution >= 0.6 is 0 Å². The molecule has 0 unspecified atom stereocenters. The van der Waals surface area contributed by atoms with Crippen molar-refractivity contribution in [3.8, 4) is 0 Å². The second-order valence-electron chi connectivity index (χ2n) is 10.3. The topological polar surface area (TPSA) is 88.9 Å². The molecule has 7 heteroatoms. The van der Waals surface area contributed by atoms with E-state index in [1.165, 1.54) is 23.9 Å². The van der Waals surface area contributed by atoms with Crippen molar-refractivity contribution in [3.05, 3.63) is 70.4 Å². The molecule has 3 aromatic rings. The van der Waals surface area contributed by atoms with E-state index in [1.807, 2.05) is 42.5 Å². The number of carbonyl (C=O) groups excluding carboxylic acids is 1. The average Bonchev–Trinajstić information content (AvgIpc) is 2.79. The zero-order chi connectivity index (χ0) is 22.4. The molecule has 7 nitrogen and oxygen atoms in total. The van der Waals surface area contributed by atoms with E-state index in [0.717, 1.165) is 48.1 Å². The second kappa shape index (κ2) is 7.97. The van der Waals surface area contributed by atoms with Crippen molar-refractivity contribution in [3.63, 3.8) is 0 Å². The monoisotopic (exact) mass is 443 g/mol. The summed E-state index contributed by atoms with van der Waals surface area (Å²) < 4.78 is 1.44. The number of carbonyl (C=O) groups is 1. The fraction of sp³-hybridized carbons (Fsp3) is 0.462. The lowest BCUT2D eigenvalue weighted by molar-refractivity contribution is -0.0135. The van der Waals surface area contributed by atoms with E-state index in [1.54, 1.807) is 6.20 Å². The average molecular weight is 444 g/mol. The van der Waals surface area contributed by atoms with E-state index in [9.17, 15) is 9.59 Å². The number of amides is 2. The van der Waals surface area contributed by atoms with Gasteiger partial charge in [0.1, 0.15) is 0 Å². The lowest BCUT2D eigenvalue weighted by Gasteiger charge is -2.56. The van der Waals surface area contributed by atoms with Gasteiger partial charge in [-0.1, -0.05) is 24.3 Å². The van der Waals surface area contributed by atoms with E-state index in [0.29, 0.717) is 11.1 Å². The summed E-state index contributed by atoms with van der Waals surface area (Å²) in [5.41, 5.74) is 1.26. The van der Waals surface area contributed by atoms with Gasteiger partial charge in [-0.2, -0.15) is 5.10 Å². The van der Waals surface area contributed by atoms with Crippen LogP contribution in [-0.4, -0.2) is 26.3 Å². The molecule has 2 aromatic heterocycles. The van der Waals surface area contributed by atoms with Crippen LogP contribution in [0.15, 0.2) is 53.5 Å². The third-order valence-corrected chi connectivity index (χ3v) is 7.82. The first-order chi connectivity index (χ1) is 16.1. The summed E-state index contributed by atoms with van der Waals surface area (Å²) in [4.78, 5) is 30.3. The van der Waals surface area contributed by atoms with Crippen molar-refractivity contribution in [1.82, 2.24) is 25.4 Å². The van der Waals surface area contributed by atoms with Crippen LogP contribution in [0.4, 0.5) is 4.79 Å². The molecular formula is C26H29N5O2. The molecule has 0 atom stereocenters. The minimum atomic E-state index is -0.155. The van der Waals surface area contributed by atoms with Gasteiger partial charge in [0.25, 0.3) is 5.56 Å². The van der Waals surface area contributed by atoms with Gasteiger partial charge in [-0.25, -0.2) is 9.48 Å². The van der Waals surface area contributed by atoms with Crippen LogP contribution in [0, 0.1) is 17.8 Å². The summed E-state index contributed by atoms with van der Waals surface area (Å²) >= 11 is 0. The predicted octanol–water partition coefficient (Wildman–Crippen LogP) is 3.61. The van der Waals surface area contributed by atoms with E-state index in [2.05, 4.69) is 20.7 Å². The number of hydrogen-bond donors (Lipinski definition) is 2. The molecule has 33 heavy (non-hydrogen) atoms. The van der Waals surface area contributed by atoms with Gasteiger partial charge in [-0.15, -0.1) is 0 Å². The molecule has 4 saturated carbocycles. The first-order valence-electron chi connectivity index (χ1n) is 12.0. The highest BCUT2D eigenvalue weighted by Crippen LogP contribution is 2.55. The van der Waals surface area contributed by atoms with Crippen molar-refractivity contribution < 1.29 is 4.79 Å². The van der Waals surface area contributed by atoms with Crippen molar-refractivity contribution >= 4 is 16.8 Å². The van der Waals surface area contributed by atoms with Crippen LogP contribution in [0.3, 0.4) is 0 Å². The Morgan fingerprint density at radius 1 is 0.970 bits per heavy atom. The highest BCUT2D eigenvalue weighted by atomic mass is 16.2. The number of fused-ring (bicyclic) bond motifs is 1. The van der Waals surface area contributed by atoms with Gasteiger partial charge >= 0.3 is 6.03 Å². The number of nitrogens with one attached hydrogen (secondary N) is 2. The summed E-state index contributed by atoms with van der Waals surface area (Å²) in [6.07, 6.45) is 9.08. The lowest BCUT2D eigenvalue weighted by Crippen LogP contribution is -2.61. The zero-order valence-electron chi connectivity index (χ0n) is 18.7. The van der Waals surface area contributed by atoms with Crippen LogP contribution in [0.25, 0.3) is 10.8 Å². The standard InChI is InChI=1S/C26H29N5O2/c32-24-22-7-2-1-6-21(22)23(30-31(24)16-20-5-3-4-8-27-20)15-28-25(33)29-26-12-17-9-18(13-26)11-19(10-17)14-26/h1-8,17-19H,9-16H2,(H2,28,29,33). The number of hydrogen-bond acceptors (Lipinski definition) is 4. The molecular weight excluding hydrogens is 414 g/mol. The lowest BCUT2D eigenvalue weighted by atomic mass is 9.53. The van der Waals surface area contributed by atoms with E-state index < -0.39 is 0 Å². The Balaban J connectivity index is 1.22. The van der Waals surface area contributed by atoms with Crippen molar-refractivity contribution in [1.29, 1.82) is 0 Å². The fourth-order valence-corrected chi connectivity index (χ4v) is 6.90. The maximum atomic E-state index is 13.0. The molecule has 0 spiro atoms. The number of rotatable bonds is 5. The number of benzene rings is 1. The summed E-state index contributed by atoms with van der Waals surface area (Å²) in [5.74, 6) is 2.33. The maximum Gasteiger partial charge on any atom is 0.315 e. The molecule has 2 heterocycles. The van der Waals surface area contributed by atoms with Gasteiger partial charge in [-0.05, 0) is 74.5 Å². The van der Waals surface area contributed by atoms with Gasteiger partial charge < -0.3 is 10.6 Å². The van der Waals surface area contributed by atoms with Gasteiger partial charge in [0.2, 0.25) is 0 Å². The molecule has 4 fully saturated rings. The van der Waals surface area contributed by atoms with Gasteiger partial charge in [0, 0.05) is 17.1 Å². The maximum absolute atomic E-state index is 13.0. The molecule has 2 N–H and O–H groups in total. The Morgan fingerprint density at radius 3 is 2.30 bits per heavy atom. The van der Waals surface area contributed by atoms with Crippen molar-refractivity contribution in [2.75, 3.05) is 0 Å². The third kappa shape index (κ3) is 3.90. The van der Waals surface area contributed by atoms with E-state index >= 15 is 0 Å². The molecule has 0 radical (unpaired) electrons. The SMILES string of the molecule is O=C(NCc1nn(Cc2ccccn2)c(=O)c2ccccc12)NC12CC3CC(CC(C3)C1)C2. The third-order valence-electron chi connectivity index (χ3n) is 7.82. The normalized spacial score (nSPS) is 27.6. The molecule has 0 aliphatic heterocycles. The Labute approximate surface area is 192 Å². The van der Waals surface area contributed by atoms with Crippen molar-refractivity contribution in [2.24, 2.45) is 17.8 Å². The number of aromatic nitrogens is 3. The predicted molar refractivity (Wildman–Crippen MR) is 126 cm³/mol. The van der Waals surface area contributed by atoms with Crippen LogP contribution < -0.4 is 16.2 Å². The molecule has 2 amide bonds. The van der Waals surface area contributed by atoms with Gasteiger partial charge in [0.15, 0.2) is 0 Å². The highest BCUT2D eigenvalue weighted by molar-refractivity contribution is 5.84. The zero-order valence-corrected chi connectivity index (χ0v) is 18.7. The quantitative estimate of drug-likeness (QED) is 0.631. The summed E-state index contributed by atoms with van der Waals surface area (Å²) in [7, 11) is 0. The Kier molecular flexibility index (Phi) is 4.93. The van der Waals surface area contributed by atoms with Crippen LogP contribution in [-0.2, 0) is 13.1 Å². The molecule has 1 aromatic carbocycles. The summed E-state index contributed by atoms with van der Waals surface area (Å²) in [6.45, 7) is 0.554. The second-order valence-corrected chi connectivity index (χ2v) is 10.3.